The Labute approximate surface area is 173 Å². The van der Waals surface area contributed by atoms with Gasteiger partial charge in [-0.3, -0.25) is 9.46 Å². The molecule has 3 saturated heterocycles. The number of nitrogens with zero attached hydrogens (tertiary/aromatic N) is 3. The fourth-order valence-corrected chi connectivity index (χ4v) is 8.05. The molecule has 3 aliphatic rings. The van der Waals surface area contributed by atoms with Gasteiger partial charge in [-0.15, -0.1) is 0 Å². The van der Waals surface area contributed by atoms with Crippen LogP contribution in [0.25, 0.3) is 0 Å². The number of benzene rings is 1. The summed E-state index contributed by atoms with van der Waals surface area (Å²) in [4.78, 5) is 2.34. The monoisotopic (exact) mass is 425 g/mol. The number of rotatable bonds is 6. The van der Waals surface area contributed by atoms with Crippen molar-refractivity contribution in [2.75, 3.05) is 86.0 Å². The van der Waals surface area contributed by atoms with E-state index in [1.54, 1.807) is 7.11 Å². The molecular weight excluding hydrogens is 393 g/mol. The van der Waals surface area contributed by atoms with Gasteiger partial charge in [-0.25, -0.2) is 9.34 Å². The van der Waals surface area contributed by atoms with Crippen molar-refractivity contribution >= 4 is 7.44 Å². The molecule has 8 nitrogen and oxygen atoms in total. The van der Waals surface area contributed by atoms with Gasteiger partial charge in [0, 0.05) is 39.3 Å². The Bertz CT molecular complexity index is 664. The lowest BCUT2D eigenvalue weighted by atomic mass is 10.2. The molecule has 9 heteroatoms. The Morgan fingerprint density at radius 2 is 1.24 bits per heavy atom. The second kappa shape index (κ2) is 9.88. The maximum absolute atomic E-state index is 15.1. The molecule has 3 fully saturated rings. The summed E-state index contributed by atoms with van der Waals surface area (Å²) in [7, 11) is -1.29. The molecule has 4 rings (SSSR count). The summed E-state index contributed by atoms with van der Waals surface area (Å²) in [6.45, 7) is 8.09. The Kier molecular flexibility index (Phi) is 7.24. The van der Waals surface area contributed by atoms with Crippen LogP contribution in [-0.4, -0.2) is 100 Å². The van der Waals surface area contributed by atoms with Gasteiger partial charge in [-0.05, 0) is 17.7 Å². The molecule has 1 atom stereocenters. The molecule has 0 bridgehead atoms. The van der Waals surface area contributed by atoms with E-state index in [9.17, 15) is 0 Å². The van der Waals surface area contributed by atoms with Gasteiger partial charge >= 0.3 is 0 Å². The first-order valence-electron chi connectivity index (χ1n) is 10.5. The van der Waals surface area contributed by atoms with Crippen molar-refractivity contribution in [3.63, 3.8) is 0 Å². The largest absolute Gasteiger partial charge is 0.497 e. The van der Waals surface area contributed by atoms with Gasteiger partial charge in [0.25, 0.3) is 0 Å². The number of methoxy groups -OCH3 is 1. The van der Waals surface area contributed by atoms with E-state index in [0.29, 0.717) is 65.8 Å². The van der Waals surface area contributed by atoms with Crippen LogP contribution in [0, 0.1) is 0 Å². The van der Waals surface area contributed by atoms with Gasteiger partial charge in [0.1, 0.15) is 11.5 Å². The standard InChI is InChI=1S/C20H32N3O5P/c1-25-19-4-2-18(3-5-19)20(21-6-12-26-13-7-21)29(24,22-8-14-27-15-9-22)23-10-16-28-17-11-23/h2-5,20H,6-17H2,1H3/t20-/m1/s1. The maximum Gasteiger partial charge on any atom is 0.237 e. The first-order valence-corrected chi connectivity index (χ1v) is 12.1. The van der Waals surface area contributed by atoms with E-state index in [1.165, 1.54) is 0 Å². The summed E-state index contributed by atoms with van der Waals surface area (Å²) >= 11 is 0. The van der Waals surface area contributed by atoms with E-state index in [2.05, 4.69) is 26.4 Å². The van der Waals surface area contributed by atoms with E-state index in [4.69, 9.17) is 18.9 Å². The van der Waals surface area contributed by atoms with Gasteiger partial charge in [0.15, 0.2) is 0 Å². The minimum Gasteiger partial charge on any atom is -0.497 e. The van der Waals surface area contributed by atoms with E-state index < -0.39 is 7.44 Å². The topological polar surface area (TPSA) is 63.7 Å². The van der Waals surface area contributed by atoms with Crippen LogP contribution in [-0.2, 0) is 18.8 Å². The summed E-state index contributed by atoms with van der Waals surface area (Å²) in [5, 5.41) is 0. The highest BCUT2D eigenvalue weighted by molar-refractivity contribution is 7.59. The first kappa shape index (κ1) is 21.2. The third-order valence-electron chi connectivity index (χ3n) is 5.91. The Hall–Kier alpha value is -0.990. The van der Waals surface area contributed by atoms with Crippen LogP contribution in [0.1, 0.15) is 11.3 Å². The predicted octanol–water partition coefficient (Wildman–Crippen LogP) is 1.88. The van der Waals surface area contributed by atoms with Crippen molar-refractivity contribution in [3.05, 3.63) is 29.8 Å². The average Bonchev–Trinajstić information content (AvgIpc) is 2.81. The summed E-state index contributed by atoms with van der Waals surface area (Å²) in [5.41, 5.74) is 1.06. The fourth-order valence-electron chi connectivity index (χ4n) is 4.38. The van der Waals surface area contributed by atoms with Gasteiger partial charge in [-0.2, -0.15) is 0 Å². The van der Waals surface area contributed by atoms with E-state index in [1.807, 2.05) is 12.1 Å². The molecular formula is C20H32N3O5P. The number of morpholine rings is 3. The Morgan fingerprint density at radius 1 is 0.793 bits per heavy atom. The summed E-state index contributed by atoms with van der Waals surface area (Å²) in [6, 6.07) is 8.05. The zero-order valence-electron chi connectivity index (χ0n) is 17.2. The van der Waals surface area contributed by atoms with Crippen molar-refractivity contribution in [2.45, 2.75) is 5.78 Å². The zero-order valence-corrected chi connectivity index (χ0v) is 18.1. The molecule has 0 radical (unpaired) electrons. The highest BCUT2D eigenvalue weighted by Gasteiger charge is 2.48. The van der Waals surface area contributed by atoms with Crippen molar-refractivity contribution in [1.29, 1.82) is 0 Å². The van der Waals surface area contributed by atoms with Crippen molar-refractivity contribution < 1.29 is 23.5 Å². The molecule has 0 spiro atoms. The van der Waals surface area contributed by atoms with Crippen molar-refractivity contribution in [1.82, 2.24) is 14.2 Å². The molecule has 0 aliphatic carbocycles. The molecule has 0 aromatic heterocycles. The number of hydrogen-bond acceptors (Lipinski definition) is 6. The van der Waals surface area contributed by atoms with Gasteiger partial charge in [0.05, 0.1) is 46.8 Å². The summed E-state index contributed by atoms with van der Waals surface area (Å²) < 4.78 is 41.6. The van der Waals surface area contributed by atoms with Crippen LogP contribution in [0.5, 0.6) is 5.75 Å². The molecule has 1 aromatic rings. The van der Waals surface area contributed by atoms with Crippen LogP contribution in [0.2, 0.25) is 0 Å². The molecule has 0 amide bonds. The third kappa shape index (κ3) is 4.54. The molecule has 29 heavy (non-hydrogen) atoms. The molecule has 3 aliphatic heterocycles. The summed E-state index contributed by atoms with van der Waals surface area (Å²) in [5.74, 6) is 0.593. The molecule has 0 saturated carbocycles. The number of hydrogen-bond donors (Lipinski definition) is 0. The number of ether oxygens (including phenoxy) is 4. The molecule has 162 valence electrons. The maximum atomic E-state index is 15.1. The smallest absolute Gasteiger partial charge is 0.237 e. The van der Waals surface area contributed by atoms with Crippen LogP contribution in [0.15, 0.2) is 24.3 Å². The lowest BCUT2D eigenvalue weighted by Crippen LogP contribution is -2.49. The van der Waals surface area contributed by atoms with Crippen molar-refractivity contribution in [2.24, 2.45) is 0 Å². The predicted molar refractivity (Wildman–Crippen MR) is 111 cm³/mol. The minimum atomic E-state index is -2.96. The highest BCUT2D eigenvalue weighted by Crippen LogP contribution is 2.65. The lowest BCUT2D eigenvalue weighted by Gasteiger charge is -2.49. The van der Waals surface area contributed by atoms with Crippen LogP contribution >= 0.6 is 7.44 Å². The lowest BCUT2D eigenvalue weighted by molar-refractivity contribution is 0.0199. The van der Waals surface area contributed by atoms with Crippen LogP contribution < -0.4 is 4.74 Å². The normalized spacial score (nSPS) is 24.3. The summed E-state index contributed by atoms with van der Waals surface area (Å²) in [6.07, 6.45) is 0. The molecule has 0 N–H and O–H groups in total. The zero-order chi connectivity index (χ0) is 20.1. The quantitative estimate of drug-likeness (QED) is 0.641. The highest BCUT2D eigenvalue weighted by atomic mass is 31.2. The SMILES string of the molecule is COc1ccc([C@H](N2CCOCC2)P(=O)(N2CCOCC2)N2CCOCC2)cc1. The van der Waals surface area contributed by atoms with Crippen molar-refractivity contribution in [3.8, 4) is 5.75 Å². The third-order valence-corrected chi connectivity index (χ3v) is 9.59. The average molecular weight is 425 g/mol. The van der Waals surface area contributed by atoms with E-state index in [-0.39, 0.29) is 5.78 Å². The molecule has 1 aromatic carbocycles. The van der Waals surface area contributed by atoms with Crippen LogP contribution in [0.3, 0.4) is 0 Å². The second-order valence-electron chi connectivity index (χ2n) is 7.52. The second-order valence-corrected chi connectivity index (χ2v) is 10.3. The van der Waals surface area contributed by atoms with Gasteiger partial charge < -0.3 is 18.9 Å². The fraction of sp³-hybridized carbons (Fsp3) is 0.700. The minimum absolute atomic E-state index is 0.214. The molecule has 0 unspecified atom stereocenters. The van der Waals surface area contributed by atoms with E-state index >= 15 is 4.57 Å². The molecule has 3 heterocycles. The first-order chi connectivity index (χ1) is 14.2. The van der Waals surface area contributed by atoms with Gasteiger partial charge in [0.2, 0.25) is 7.44 Å². The van der Waals surface area contributed by atoms with Crippen LogP contribution in [0.4, 0.5) is 0 Å². The Morgan fingerprint density at radius 3 is 1.69 bits per heavy atom. The van der Waals surface area contributed by atoms with Gasteiger partial charge in [-0.1, -0.05) is 12.1 Å². The Balaban J connectivity index is 1.76. The van der Waals surface area contributed by atoms with E-state index in [0.717, 1.165) is 24.4 Å².